The van der Waals surface area contributed by atoms with Gasteiger partial charge in [-0.1, -0.05) is 18.2 Å². The molecule has 0 aliphatic heterocycles. The first-order chi connectivity index (χ1) is 10.0. The van der Waals surface area contributed by atoms with E-state index in [1.165, 1.54) is 24.4 Å². The first kappa shape index (κ1) is 15.3. The Labute approximate surface area is 120 Å². The average Bonchev–Trinajstić information content (AvgIpc) is 2.48. The topological polar surface area (TPSA) is 42.4 Å². The number of aliphatic hydroxyl groups is 1. The SMILES string of the molecule is OCC(COc1cccnc1)c1ccccc1C(F)(F)F. The zero-order chi connectivity index (χ0) is 15.3. The summed E-state index contributed by atoms with van der Waals surface area (Å²) in [5, 5.41) is 9.38. The fraction of sp³-hybridized carbons (Fsp3) is 0.267. The van der Waals surface area contributed by atoms with E-state index in [0.29, 0.717) is 5.75 Å². The van der Waals surface area contributed by atoms with Crippen LogP contribution in [0.5, 0.6) is 5.75 Å². The molecule has 0 saturated heterocycles. The highest BCUT2D eigenvalue weighted by atomic mass is 19.4. The monoisotopic (exact) mass is 297 g/mol. The number of hydrogen-bond donors (Lipinski definition) is 1. The van der Waals surface area contributed by atoms with E-state index in [1.807, 2.05) is 0 Å². The van der Waals surface area contributed by atoms with Gasteiger partial charge in [0.25, 0.3) is 0 Å². The van der Waals surface area contributed by atoms with Crippen LogP contribution in [0.4, 0.5) is 13.2 Å². The standard InChI is InChI=1S/C15H14F3NO2/c16-15(17,18)14-6-2-1-5-13(14)11(9-20)10-21-12-4-3-7-19-8-12/h1-8,11,20H,9-10H2. The summed E-state index contributed by atoms with van der Waals surface area (Å²) in [5.41, 5.74) is -0.727. The highest BCUT2D eigenvalue weighted by Crippen LogP contribution is 2.35. The number of benzene rings is 1. The lowest BCUT2D eigenvalue weighted by Crippen LogP contribution is -2.19. The van der Waals surface area contributed by atoms with Crippen LogP contribution in [-0.4, -0.2) is 23.3 Å². The molecule has 2 rings (SSSR count). The molecular weight excluding hydrogens is 283 g/mol. The van der Waals surface area contributed by atoms with Crippen LogP contribution in [0.15, 0.2) is 48.8 Å². The van der Waals surface area contributed by atoms with Gasteiger partial charge in [0.2, 0.25) is 0 Å². The number of nitrogens with zero attached hydrogens (tertiary/aromatic N) is 1. The first-order valence-electron chi connectivity index (χ1n) is 6.32. The third kappa shape index (κ3) is 3.95. The van der Waals surface area contributed by atoms with Gasteiger partial charge in [0.05, 0.1) is 25.0 Å². The summed E-state index contributed by atoms with van der Waals surface area (Å²) in [4.78, 5) is 3.85. The van der Waals surface area contributed by atoms with Crippen LogP contribution in [0, 0.1) is 0 Å². The van der Waals surface area contributed by atoms with Crippen molar-refractivity contribution in [2.45, 2.75) is 12.1 Å². The predicted molar refractivity (Wildman–Crippen MR) is 71.0 cm³/mol. The molecule has 0 amide bonds. The van der Waals surface area contributed by atoms with E-state index in [1.54, 1.807) is 18.3 Å². The van der Waals surface area contributed by atoms with Crippen molar-refractivity contribution in [3.05, 3.63) is 59.9 Å². The summed E-state index contributed by atoms with van der Waals surface area (Å²) < 4.78 is 44.3. The predicted octanol–water partition coefficient (Wildman–Crippen LogP) is 3.26. The number of alkyl halides is 3. The zero-order valence-electron chi connectivity index (χ0n) is 11.0. The Hall–Kier alpha value is -2.08. The molecule has 1 heterocycles. The maximum absolute atomic E-state index is 13.0. The van der Waals surface area contributed by atoms with Crippen molar-refractivity contribution in [2.75, 3.05) is 13.2 Å². The number of ether oxygens (including phenoxy) is 1. The number of halogens is 3. The lowest BCUT2D eigenvalue weighted by Gasteiger charge is -2.20. The minimum atomic E-state index is -4.46. The lowest BCUT2D eigenvalue weighted by atomic mass is 9.95. The van der Waals surface area contributed by atoms with Crippen molar-refractivity contribution in [1.82, 2.24) is 4.98 Å². The van der Waals surface area contributed by atoms with E-state index < -0.39 is 24.3 Å². The molecule has 21 heavy (non-hydrogen) atoms. The van der Waals surface area contributed by atoms with Crippen molar-refractivity contribution >= 4 is 0 Å². The van der Waals surface area contributed by atoms with Crippen molar-refractivity contribution in [3.63, 3.8) is 0 Å². The van der Waals surface area contributed by atoms with Crippen molar-refractivity contribution in [2.24, 2.45) is 0 Å². The largest absolute Gasteiger partial charge is 0.491 e. The fourth-order valence-corrected chi connectivity index (χ4v) is 1.98. The molecule has 1 aromatic carbocycles. The number of aliphatic hydroxyl groups excluding tert-OH is 1. The van der Waals surface area contributed by atoms with Crippen LogP contribution in [0.1, 0.15) is 17.0 Å². The van der Waals surface area contributed by atoms with Crippen LogP contribution in [0.25, 0.3) is 0 Å². The molecule has 0 saturated carbocycles. The quantitative estimate of drug-likeness (QED) is 0.921. The van der Waals surface area contributed by atoms with Crippen LogP contribution >= 0.6 is 0 Å². The molecule has 0 fully saturated rings. The summed E-state index contributed by atoms with van der Waals surface area (Å²) in [5.74, 6) is -0.316. The van der Waals surface area contributed by atoms with Gasteiger partial charge in [-0.05, 0) is 23.8 Å². The summed E-state index contributed by atoms with van der Waals surface area (Å²) in [6.07, 6.45) is -1.43. The van der Waals surface area contributed by atoms with Crippen molar-refractivity contribution in [1.29, 1.82) is 0 Å². The van der Waals surface area contributed by atoms with E-state index >= 15 is 0 Å². The molecule has 112 valence electrons. The number of rotatable bonds is 5. The first-order valence-corrected chi connectivity index (χ1v) is 6.32. The number of hydrogen-bond acceptors (Lipinski definition) is 3. The zero-order valence-corrected chi connectivity index (χ0v) is 11.0. The molecule has 0 aliphatic carbocycles. The van der Waals surface area contributed by atoms with Crippen LogP contribution < -0.4 is 4.74 Å². The van der Waals surface area contributed by atoms with Crippen LogP contribution in [0.2, 0.25) is 0 Å². The normalized spacial score (nSPS) is 13.0. The molecule has 6 heteroatoms. The van der Waals surface area contributed by atoms with Gasteiger partial charge in [-0.25, -0.2) is 0 Å². The van der Waals surface area contributed by atoms with E-state index in [2.05, 4.69) is 4.98 Å². The molecule has 0 bridgehead atoms. The van der Waals surface area contributed by atoms with Gasteiger partial charge in [-0.2, -0.15) is 13.2 Å². The molecule has 3 nitrogen and oxygen atoms in total. The third-order valence-electron chi connectivity index (χ3n) is 3.01. The maximum atomic E-state index is 13.0. The van der Waals surface area contributed by atoms with E-state index in [4.69, 9.17) is 4.74 Å². The van der Waals surface area contributed by atoms with E-state index in [0.717, 1.165) is 6.07 Å². The Bertz CT molecular complexity index is 573. The second-order valence-electron chi connectivity index (χ2n) is 4.46. The van der Waals surface area contributed by atoms with Gasteiger partial charge < -0.3 is 9.84 Å². The van der Waals surface area contributed by atoms with Gasteiger partial charge in [-0.3, -0.25) is 4.98 Å². The highest BCUT2D eigenvalue weighted by molar-refractivity contribution is 5.33. The Kier molecular flexibility index (Phi) is 4.80. The molecule has 0 radical (unpaired) electrons. The lowest BCUT2D eigenvalue weighted by molar-refractivity contribution is -0.138. The Balaban J connectivity index is 2.18. The van der Waals surface area contributed by atoms with Crippen molar-refractivity contribution < 1.29 is 23.0 Å². The van der Waals surface area contributed by atoms with Gasteiger partial charge in [0, 0.05) is 12.1 Å². The molecule has 1 aromatic heterocycles. The minimum Gasteiger partial charge on any atom is -0.491 e. The fourth-order valence-electron chi connectivity index (χ4n) is 1.98. The van der Waals surface area contributed by atoms with Crippen LogP contribution in [0.3, 0.4) is 0 Å². The van der Waals surface area contributed by atoms with Crippen LogP contribution in [-0.2, 0) is 6.18 Å². The second kappa shape index (κ2) is 6.58. The van der Waals surface area contributed by atoms with Gasteiger partial charge in [0.15, 0.2) is 0 Å². The van der Waals surface area contributed by atoms with Crippen molar-refractivity contribution in [3.8, 4) is 5.75 Å². The molecule has 1 N–H and O–H groups in total. The third-order valence-corrected chi connectivity index (χ3v) is 3.01. The van der Waals surface area contributed by atoms with E-state index in [-0.39, 0.29) is 12.2 Å². The molecule has 1 atom stereocenters. The minimum absolute atomic E-state index is 0.0244. The average molecular weight is 297 g/mol. The molecule has 0 spiro atoms. The number of aromatic nitrogens is 1. The summed E-state index contributed by atoms with van der Waals surface area (Å²) in [6, 6.07) is 8.50. The summed E-state index contributed by atoms with van der Waals surface area (Å²) >= 11 is 0. The molecule has 1 unspecified atom stereocenters. The maximum Gasteiger partial charge on any atom is 0.416 e. The van der Waals surface area contributed by atoms with Gasteiger partial charge in [0.1, 0.15) is 5.75 Å². The van der Waals surface area contributed by atoms with Gasteiger partial charge in [-0.15, -0.1) is 0 Å². The molecule has 2 aromatic rings. The van der Waals surface area contributed by atoms with E-state index in [9.17, 15) is 18.3 Å². The Morgan fingerprint density at radius 3 is 2.52 bits per heavy atom. The smallest absolute Gasteiger partial charge is 0.416 e. The number of pyridine rings is 1. The Morgan fingerprint density at radius 2 is 1.90 bits per heavy atom. The Morgan fingerprint density at radius 1 is 1.14 bits per heavy atom. The summed E-state index contributed by atoms with van der Waals surface area (Å²) in [6.45, 7) is -0.497. The molecule has 0 aliphatic rings. The second-order valence-corrected chi connectivity index (χ2v) is 4.46. The molecular formula is C15H14F3NO2. The highest BCUT2D eigenvalue weighted by Gasteiger charge is 2.34. The summed E-state index contributed by atoms with van der Waals surface area (Å²) in [7, 11) is 0. The van der Waals surface area contributed by atoms with Gasteiger partial charge >= 0.3 is 6.18 Å².